The van der Waals surface area contributed by atoms with Gasteiger partial charge in [-0.25, -0.2) is 9.98 Å². The van der Waals surface area contributed by atoms with E-state index in [2.05, 4.69) is 15.0 Å². The van der Waals surface area contributed by atoms with Crippen molar-refractivity contribution in [1.29, 1.82) is 5.41 Å². The normalized spacial score (nSPS) is 11.3. The maximum atomic E-state index is 10.9. The number of non-ortho nitro benzene ring substituents is 1. The van der Waals surface area contributed by atoms with Gasteiger partial charge in [-0.15, -0.1) is 11.3 Å². The summed E-state index contributed by atoms with van der Waals surface area (Å²) in [6.45, 7) is 0. The lowest BCUT2D eigenvalue weighted by Gasteiger charge is -2.05. The van der Waals surface area contributed by atoms with Crippen LogP contribution in [0, 0.1) is 15.5 Å². The van der Waals surface area contributed by atoms with Crippen LogP contribution >= 0.6 is 11.3 Å². The van der Waals surface area contributed by atoms with E-state index in [0.29, 0.717) is 27.5 Å². The van der Waals surface area contributed by atoms with Crippen molar-refractivity contribution < 1.29 is 4.92 Å². The van der Waals surface area contributed by atoms with Gasteiger partial charge in [-0.05, 0) is 6.07 Å². The van der Waals surface area contributed by atoms with E-state index in [9.17, 15) is 10.1 Å². The molecular formula is C16H13N7O2S. The minimum Gasteiger partial charge on any atom is -0.384 e. The number of nitrogens with zero attached hydrogens (tertiary/aromatic N) is 4. The zero-order valence-corrected chi connectivity index (χ0v) is 14.1. The topological polar surface area (TPSA) is 157 Å². The Bertz CT molecular complexity index is 1030. The van der Waals surface area contributed by atoms with E-state index in [1.54, 1.807) is 23.6 Å². The smallest absolute Gasteiger partial charge is 0.270 e. The van der Waals surface area contributed by atoms with Crippen LogP contribution in [0.2, 0.25) is 0 Å². The lowest BCUT2D eigenvalue weighted by Crippen LogP contribution is -2.21. The molecule has 1 aromatic carbocycles. The molecule has 0 saturated heterocycles. The minimum atomic E-state index is -0.460. The van der Waals surface area contributed by atoms with Crippen molar-refractivity contribution in [3.63, 3.8) is 0 Å². The van der Waals surface area contributed by atoms with Crippen molar-refractivity contribution in [1.82, 2.24) is 9.97 Å². The van der Waals surface area contributed by atoms with Gasteiger partial charge >= 0.3 is 0 Å². The Morgan fingerprint density at radius 2 is 2.08 bits per heavy atom. The lowest BCUT2D eigenvalue weighted by atomic mass is 10.1. The highest BCUT2D eigenvalue weighted by Crippen LogP contribution is 2.29. The molecule has 2 aromatic heterocycles. The third-order valence-corrected chi connectivity index (χ3v) is 4.18. The average Bonchev–Trinajstić information content (AvgIpc) is 3.10. The molecule has 9 nitrogen and oxygen atoms in total. The van der Waals surface area contributed by atoms with Gasteiger partial charge in [0.2, 0.25) is 5.13 Å². The van der Waals surface area contributed by atoms with Gasteiger partial charge in [0.05, 0.1) is 10.6 Å². The van der Waals surface area contributed by atoms with Crippen LogP contribution in [0.5, 0.6) is 0 Å². The maximum absolute atomic E-state index is 10.9. The van der Waals surface area contributed by atoms with Crippen LogP contribution in [0.3, 0.4) is 0 Å². The Hall–Kier alpha value is -3.66. The van der Waals surface area contributed by atoms with Crippen molar-refractivity contribution >= 4 is 33.8 Å². The second-order valence-corrected chi connectivity index (χ2v) is 5.99. The fourth-order valence-corrected chi connectivity index (χ4v) is 2.93. The maximum Gasteiger partial charge on any atom is 0.270 e. The number of pyridine rings is 1. The summed E-state index contributed by atoms with van der Waals surface area (Å²) in [7, 11) is 0. The molecule has 0 aliphatic heterocycles. The van der Waals surface area contributed by atoms with Gasteiger partial charge in [-0.3, -0.25) is 20.5 Å². The van der Waals surface area contributed by atoms with E-state index in [1.807, 2.05) is 0 Å². The van der Waals surface area contributed by atoms with E-state index in [1.165, 1.54) is 35.9 Å². The van der Waals surface area contributed by atoms with Crippen molar-refractivity contribution in [2.45, 2.75) is 0 Å². The van der Waals surface area contributed by atoms with Crippen molar-refractivity contribution in [3.8, 4) is 11.3 Å². The Labute approximate surface area is 151 Å². The number of nitro benzene ring substituents is 1. The summed E-state index contributed by atoms with van der Waals surface area (Å²) in [6, 6.07) is 7.77. The van der Waals surface area contributed by atoms with Gasteiger partial charge in [0.15, 0.2) is 0 Å². The molecule has 130 valence electrons. The van der Waals surface area contributed by atoms with Crippen molar-refractivity contribution in [3.05, 3.63) is 69.3 Å². The van der Waals surface area contributed by atoms with Gasteiger partial charge in [0, 0.05) is 46.6 Å². The van der Waals surface area contributed by atoms with E-state index in [0.717, 1.165) is 0 Å². The standard InChI is InChI=1S/C16H13N7O2S/c17-14(18)11-4-5-20-7-12(11)15(19)22-16-21-13(8-26-16)9-2-1-3-10(6-9)23(24)25/h1-8H,(H3,17,18)(H2,19,21,22). The first-order valence-electron chi connectivity index (χ1n) is 7.29. The number of aromatic nitrogens is 2. The lowest BCUT2D eigenvalue weighted by molar-refractivity contribution is -0.384. The van der Waals surface area contributed by atoms with Gasteiger partial charge in [0.25, 0.3) is 5.69 Å². The first kappa shape index (κ1) is 17.2. The quantitative estimate of drug-likeness (QED) is 0.272. The molecule has 0 saturated carbocycles. The summed E-state index contributed by atoms with van der Waals surface area (Å²) in [6.07, 6.45) is 2.99. The Morgan fingerprint density at radius 1 is 1.27 bits per heavy atom. The van der Waals surface area contributed by atoms with Gasteiger partial charge < -0.3 is 11.5 Å². The van der Waals surface area contributed by atoms with Crippen LogP contribution in [-0.4, -0.2) is 26.6 Å². The number of nitrogens with two attached hydrogens (primary N) is 2. The SMILES string of the molecule is N=C(N)c1ccncc1/C(N)=N/c1nc(-c2cccc([N+](=O)[O-])c2)cs1. The van der Waals surface area contributed by atoms with Gasteiger partial charge in [-0.2, -0.15) is 0 Å². The highest BCUT2D eigenvalue weighted by atomic mass is 32.1. The predicted octanol–water partition coefficient (Wildman–Crippen LogP) is 2.43. The van der Waals surface area contributed by atoms with Crippen molar-refractivity contribution in [2.75, 3.05) is 0 Å². The molecule has 10 heteroatoms. The predicted molar refractivity (Wildman–Crippen MR) is 99.8 cm³/mol. The molecule has 0 unspecified atom stereocenters. The molecule has 5 N–H and O–H groups in total. The summed E-state index contributed by atoms with van der Waals surface area (Å²) in [5, 5.41) is 20.6. The van der Waals surface area contributed by atoms with E-state index in [-0.39, 0.29) is 17.4 Å². The van der Waals surface area contributed by atoms with E-state index in [4.69, 9.17) is 16.9 Å². The molecule has 0 spiro atoms. The van der Waals surface area contributed by atoms with Crippen molar-refractivity contribution in [2.24, 2.45) is 16.5 Å². The molecule has 0 bridgehead atoms. The van der Waals surface area contributed by atoms with Crippen LogP contribution in [0.25, 0.3) is 11.3 Å². The number of thiazole rings is 1. The Balaban J connectivity index is 1.93. The highest BCUT2D eigenvalue weighted by Gasteiger charge is 2.12. The summed E-state index contributed by atoms with van der Waals surface area (Å²) < 4.78 is 0. The number of nitrogens with one attached hydrogen (secondary N) is 1. The monoisotopic (exact) mass is 367 g/mol. The first-order valence-corrected chi connectivity index (χ1v) is 8.17. The largest absolute Gasteiger partial charge is 0.384 e. The molecule has 2 heterocycles. The number of benzene rings is 1. The van der Waals surface area contributed by atoms with Gasteiger partial charge in [-0.1, -0.05) is 12.1 Å². The molecule has 0 amide bonds. The zero-order valence-electron chi connectivity index (χ0n) is 13.3. The summed E-state index contributed by atoms with van der Waals surface area (Å²) in [4.78, 5) is 23.0. The van der Waals surface area contributed by atoms with Crippen LogP contribution in [0.15, 0.2) is 53.1 Å². The number of nitrogen functional groups attached to an aromatic ring is 1. The second kappa shape index (κ2) is 7.07. The number of hydrogen-bond donors (Lipinski definition) is 3. The second-order valence-electron chi connectivity index (χ2n) is 5.15. The zero-order chi connectivity index (χ0) is 18.7. The Kier molecular flexibility index (Phi) is 4.67. The first-order chi connectivity index (χ1) is 12.5. The summed E-state index contributed by atoms with van der Waals surface area (Å²) in [5.41, 5.74) is 13.6. The van der Waals surface area contributed by atoms with Crippen LogP contribution in [0.4, 0.5) is 10.8 Å². The van der Waals surface area contributed by atoms with Crippen LogP contribution < -0.4 is 11.5 Å². The minimum absolute atomic E-state index is 0.0125. The molecule has 0 fully saturated rings. The number of rotatable bonds is 5. The molecule has 0 aliphatic carbocycles. The molecular weight excluding hydrogens is 354 g/mol. The fourth-order valence-electron chi connectivity index (χ4n) is 2.22. The molecule has 0 atom stereocenters. The van der Waals surface area contributed by atoms with E-state index >= 15 is 0 Å². The number of hydrogen-bond acceptors (Lipinski definition) is 7. The number of nitro groups is 1. The third kappa shape index (κ3) is 3.54. The van der Waals surface area contributed by atoms with Crippen LogP contribution in [0.1, 0.15) is 11.1 Å². The molecule has 26 heavy (non-hydrogen) atoms. The molecule has 3 rings (SSSR count). The molecule has 0 radical (unpaired) electrons. The third-order valence-electron chi connectivity index (χ3n) is 3.45. The van der Waals surface area contributed by atoms with E-state index < -0.39 is 4.92 Å². The fraction of sp³-hybridized carbons (Fsp3) is 0. The van der Waals surface area contributed by atoms with Crippen LogP contribution in [-0.2, 0) is 0 Å². The highest BCUT2D eigenvalue weighted by molar-refractivity contribution is 7.13. The summed E-state index contributed by atoms with van der Waals surface area (Å²) >= 11 is 1.24. The number of aliphatic imine (C=N–C) groups is 1. The average molecular weight is 367 g/mol. The summed E-state index contributed by atoms with van der Waals surface area (Å²) in [5.74, 6) is -0.0137. The molecule has 3 aromatic rings. The number of amidine groups is 2. The molecule has 0 aliphatic rings. The van der Waals surface area contributed by atoms with Gasteiger partial charge in [0.1, 0.15) is 11.7 Å². The Morgan fingerprint density at radius 3 is 2.81 bits per heavy atom.